The van der Waals surface area contributed by atoms with Crippen molar-refractivity contribution in [2.24, 2.45) is 5.92 Å². The number of aliphatic hydroxyl groups excluding tert-OH is 1. The standard InChI is InChI=1S/C11H16N2O3/c1-7-5-8(6-16-7)10(14)9-11(15-2)13-4-3-12-9/h3-4,7-8,10,14H,5-6H2,1-2H3. The highest BCUT2D eigenvalue weighted by molar-refractivity contribution is 5.20. The number of nitrogens with zero attached hydrogens (tertiary/aromatic N) is 2. The van der Waals surface area contributed by atoms with E-state index in [0.29, 0.717) is 18.2 Å². The van der Waals surface area contributed by atoms with Gasteiger partial charge in [0, 0.05) is 18.3 Å². The van der Waals surface area contributed by atoms with Gasteiger partial charge in [0.1, 0.15) is 11.8 Å². The van der Waals surface area contributed by atoms with Gasteiger partial charge in [-0.2, -0.15) is 0 Å². The number of aliphatic hydroxyl groups is 1. The summed E-state index contributed by atoms with van der Waals surface area (Å²) in [6.45, 7) is 2.56. The smallest absolute Gasteiger partial charge is 0.238 e. The van der Waals surface area contributed by atoms with Crippen LogP contribution in [0.3, 0.4) is 0 Å². The first-order valence-electron chi connectivity index (χ1n) is 5.37. The Hall–Kier alpha value is -1.20. The van der Waals surface area contributed by atoms with E-state index in [9.17, 15) is 5.11 Å². The minimum Gasteiger partial charge on any atom is -0.480 e. The molecular formula is C11H16N2O3. The van der Waals surface area contributed by atoms with Crippen LogP contribution in [0.5, 0.6) is 5.88 Å². The highest BCUT2D eigenvalue weighted by atomic mass is 16.5. The van der Waals surface area contributed by atoms with E-state index in [1.807, 2.05) is 6.92 Å². The van der Waals surface area contributed by atoms with Gasteiger partial charge in [0.25, 0.3) is 0 Å². The van der Waals surface area contributed by atoms with Gasteiger partial charge in [-0.05, 0) is 13.3 Å². The molecule has 1 saturated heterocycles. The lowest BCUT2D eigenvalue weighted by Gasteiger charge is -2.17. The lowest BCUT2D eigenvalue weighted by Crippen LogP contribution is -2.15. The monoisotopic (exact) mass is 224 g/mol. The Labute approximate surface area is 94.4 Å². The zero-order chi connectivity index (χ0) is 11.5. The Balaban J connectivity index is 2.16. The molecule has 5 nitrogen and oxygen atoms in total. The molecule has 1 aromatic heterocycles. The maximum absolute atomic E-state index is 10.2. The minimum atomic E-state index is -0.673. The molecule has 1 N–H and O–H groups in total. The summed E-state index contributed by atoms with van der Waals surface area (Å²) in [6.07, 6.45) is 3.46. The van der Waals surface area contributed by atoms with Crippen LogP contribution in [0.1, 0.15) is 25.1 Å². The van der Waals surface area contributed by atoms with Crippen molar-refractivity contribution in [1.82, 2.24) is 9.97 Å². The largest absolute Gasteiger partial charge is 0.480 e. The topological polar surface area (TPSA) is 64.5 Å². The zero-order valence-corrected chi connectivity index (χ0v) is 9.46. The molecule has 1 aromatic rings. The second-order valence-corrected chi connectivity index (χ2v) is 4.04. The van der Waals surface area contributed by atoms with E-state index < -0.39 is 6.10 Å². The Bertz CT molecular complexity index is 359. The van der Waals surface area contributed by atoms with Crippen molar-refractivity contribution in [3.05, 3.63) is 18.1 Å². The predicted molar refractivity (Wildman–Crippen MR) is 57.1 cm³/mol. The summed E-state index contributed by atoms with van der Waals surface area (Å²) < 4.78 is 10.5. The minimum absolute atomic E-state index is 0.0700. The second kappa shape index (κ2) is 4.76. The number of methoxy groups -OCH3 is 1. The molecule has 0 amide bonds. The number of rotatable bonds is 3. The quantitative estimate of drug-likeness (QED) is 0.827. The molecule has 0 bridgehead atoms. The Morgan fingerprint density at radius 3 is 2.88 bits per heavy atom. The van der Waals surface area contributed by atoms with Crippen molar-refractivity contribution in [3.8, 4) is 5.88 Å². The lowest BCUT2D eigenvalue weighted by molar-refractivity contribution is 0.0760. The van der Waals surface area contributed by atoms with Gasteiger partial charge in [-0.15, -0.1) is 0 Å². The van der Waals surface area contributed by atoms with Crippen molar-refractivity contribution in [2.45, 2.75) is 25.6 Å². The molecule has 16 heavy (non-hydrogen) atoms. The van der Waals surface area contributed by atoms with Crippen LogP contribution in [0.2, 0.25) is 0 Å². The third-order valence-corrected chi connectivity index (χ3v) is 2.84. The van der Waals surface area contributed by atoms with Gasteiger partial charge in [-0.1, -0.05) is 0 Å². The number of hydrogen-bond donors (Lipinski definition) is 1. The van der Waals surface area contributed by atoms with Crippen LogP contribution >= 0.6 is 0 Å². The fraction of sp³-hybridized carbons (Fsp3) is 0.636. The van der Waals surface area contributed by atoms with Gasteiger partial charge < -0.3 is 14.6 Å². The summed E-state index contributed by atoms with van der Waals surface area (Å²) in [7, 11) is 1.52. The molecule has 0 spiro atoms. The van der Waals surface area contributed by atoms with Gasteiger partial charge in [-0.25, -0.2) is 4.98 Å². The molecule has 5 heteroatoms. The fourth-order valence-corrected chi connectivity index (χ4v) is 1.99. The van der Waals surface area contributed by atoms with Crippen LogP contribution in [0.25, 0.3) is 0 Å². The molecule has 3 unspecified atom stereocenters. The van der Waals surface area contributed by atoms with E-state index in [-0.39, 0.29) is 12.0 Å². The Kier molecular flexibility index (Phi) is 3.36. The first-order chi connectivity index (χ1) is 7.72. The molecule has 2 heterocycles. The number of hydrogen-bond acceptors (Lipinski definition) is 5. The molecule has 1 aliphatic rings. The normalized spacial score (nSPS) is 26.7. The second-order valence-electron chi connectivity index (χ2n) is 4.04. The lowest BCUT2D eigenvalue weighted by atomic mass is 9.97. The highest BCUT2D eigenvalue weighted by Crippen LogP contribution is 2.33. The Morgan fingerprint density at radius 2 is 2.25 bits per heavy atom. The molecule has 88 valence electrons. The zero-order valence-electron chi connectivity index (χ0n) is 9.46. The molecule has 0 radical (unpaired) electrons. The van der Waals surface area contributed by atoms with Crippen LogP contribution in [-0.2, 0) is 4.74 Å². The van der Waals surface area contributed by atoms with E-state index in [1.54, 1.807) is 12.4 Å². The fourth-order valence-electron chi connectivity index (χ4n) is 1.99. The number of aromatic nitrogens is 2. The molecule has 1 aliphatic heterocycles. The van der Waals surface area contributed by atoms with E-state index >= 15 is 0 Å². The molecule has 0 saturated carbocycles. The first-order valence-corrected chi connectivity index (χ1v) is 5.37. The van der Waals surface area contributed by atoms with Crippen molar-refractivity contribution in [1.29, 1.82) is 0 Å². The van der Waals surface area contributed by atoms with Crippen molar-refractivity contribution >= 4 is 0 Å². The summed E-state index contributed by atoms with van der Waals surface area (Å²) in [5.41, 5.74) is 0.493. The van der Waals surface area contributed by atoms with Crippen LogP contribution in [0, 0.1) is 5.92 Å². The molecule has 1 fully saturated rings. The molecule has 0 aromatic carbocycles. The molecule has 2 rings (SSSR count). The molecule has 0 aliphatic carbocycles. The predicted octanol–water partition coefficient (Wildman–Crippen LogP) is 0.944. The van der Waals surface area contributed by atoms with Gasteiger partial charge in [0.15, 0.2) is 0 Å². The van der Waals surface area contributed by atoms with Crippen LogP contribution < -0.4 is 4.74 Å². The van der Waals surface area contributed by atoms with E-state index in [4.69, 9.17) is 9.47 Å². The van der Waals surface area contributed by atoms with E-state index in [0.717, 1.165) is 6.42 Å². The molecule has 3 atom stereocenters. The van der Waals surface area contributed by atoms with Crippen molar-refractivity contribution in [3.63, 3.8) is 0 Å². The summed E-state index contributed by atoms with van der Waals surface area (Å²) >= 11 is 0. The highest BCUT2D eigenvalue weighted by Gasteiger charge is 2.32. The van der Waals surface area contributed by atoms with Crippen LogP contribution in [-0.4, -0.2) is 34.9 Å². The summed E-state index contributed by atoms with van der Waals surface area (Å²) in [4.78, 5) is 8.15. The van der Waals surface area contributed by atoms with Crippen molar-refractivity contribution < 1.29 is 14.6 Å². The van der Waals surface area contributed by atoms with Gasteiger partial charge in [-0.3, -0.25) is 4.98 Å². The van der Waals surface area contributed by atoms with Crippen LogP contribution in [0.4, 0.5) is 0 Å². The summed E-state index contributed by atoms with van der Waals surface area (Å²) in [5.74, 6) is 0.454. The van der Waals surface area contributed by atoms with Gasteiger partial charge in [0.2, 0.25) is 5.88 Å². The Morgan fingerprint density at radius 1 is 1.50 bits per heavy atom. The summed E-state index contributed by atoms with van der Waals surface area (Å²) in [6, 6.07) is 0. The van der Waals surface area contributed by atoms with Crippen molar-refractivity contribution in [2.75, 3.05) is 13.7 Å². The van der Waals surface area contributed by atoms with Gasteiger partial charge >= 0.3 is 0 Å². The maximum atomic E-state index is 10.2. The SMILES string of the molecule is COc1nccnc1C(O)C1COC(C)C1. The average molecular weight is 224 g/mol. The van der Waals surface area contributed by atoms with E-state index in [1.165, 1.54) is 7.11 Å². The van der Waals surface area contributed by atoms with E-state index in [2.05, 4.69) is 9.97 Å². The first kappa shape index (κ1) is 11.3. The summed E-state index contributed by atoms with van der Waals surface area (Å²) in [5, 5.41) is 10.2. The third-order valence-electron chi connectivity index (χ3n) is 2.84. The van der Waals surface area contributed by atoms with Gasteiger partial charge in [0.05, 0.1) is 19.8 Å². The average Bonchev–Trinajstić information content (AvgIpc) is 2.75. The number of ether oxygens (including phenoxy) is 2. The third kappa shape index (κ3) is 2.15. The maximum Gasteiger partial charge on any atom is 0.238 e. The van der Waals surface area contributed by atoms with Crippen LogP contribution in [0.15, 0.2) is 12.4 Å². The molecular weight excluding hydrogens is 208 g/mol.